The predicted octanol–water partition coefficient (Wildman–Crippen LogP) is 1.81. The molecule has 2 aromatic rings. The van der Waals surface area contributed by atoms with E-state index in [-0.39, 0.29) is 11.3 Å². The first-order valence-electron chi connectivity index (χ1n) is 5.88. The number of hydrogen-bond acceptors (Lipinski definition) is 6. The molecule has 0 bridgehead atoms. The topological polar surface area (TPSA) is 114 Å². The van der Waals surface area contributed by atoms with Gasteiger partial charge in [-0.1, -0.05) is 0 Å². The molecule has 0 aliphatic heterocycles. The summed E-state index contributed by atoms with van der Waals surface area (Å²) in [6.07, 6.45) is 1.60. The second kappa shape index (κ2) is 6.01. The van der Waals surface area contributed by atoms with Crippen molar-refractivity contribution in [1.82, 2.24) is 14.8 Å². The Kier molecular flexibility index (Phi) is 3.95. The second-order valence-electron chi connectivity index (χ2n) is 3.99. The summed E-state index contributed by atoms with van der Waals surface area (Å²) >= 11 is 0. The molecule has 21 heavy (non-hydrogen) atoms. The highest BCUT2D eigenvalue weighted by Gasteiger charge is 2.06. The molecule has 7 heteroatoms. The SMILES string of the molecule is Cc1ncn(-c2ccc(NC(C#N)=C(C#N)C#N)cc2)n1. The standard InChI is InChI=1S/C14H9N7/c1-10-18-9-21(20-10)13-4-2-12(3-5-13)19-14(8-17)11(6-15)7-16/h2-5,9,19H,1H3. The van der Waals surface area contributed by atoms with Gasteiger partial charge in [0.15, 0.2) is 5.57 Å². The molecular formula is C14H9N7. The lowest BCUT2D eigenvalue weighted by atomic mass is 10.2. The molecule has 1 aromatic carbocycles. The van der Waals surface area contributed by atoms with Crippen LogP contribution in [0.4, 0.5) is 5.69 Å². The molecule has 0 aliphatic rings. The highest BCUT2D eigenvalue weighted by atomic mass is 15.3. The molecule has 0 atom stereocenters. The third-order valence-corrected chi connectivity index (χ3v) is 2.59. The normalized spacial score (nSPS) is 9.05. The molecule has 0 fully saturated rings. The number of nitrogens with zero attached hydrogens (tertiary/aromatic N) is 6. The highest BCUT2D eigenvalue weighted by molar-refractivity contribution is 5.59. The van der Waals surface area contributed by atoms with E-state index in [1.807, 2.05) is 0 Å². The first-order chi connectivity index (χ1) is 10.2. The summed E-state index contributed by atoms with van der Waals surface area (Å²) in [5, 5.41) is 33.4. The molecule has 1 aromatic heterocycles. The zero-order valence-corrected chi connectivity index (χ0v) is 11.1. The number of allylic oxidation sites excluding steroid dienone is 2. The Hall–Kier alpha value is -3.63. The minimum absolute atomic E-state index is 0.0793. The van der Waals surface area contributed by atoms with Gasteiger partial charge >= 0.3 is 0 Å². The molecule has 1 N–H and O–H groups in total. The molecule has 0 aliphatic carbocycles. The van der Waals surface area contributed by atoms with Crippen LogP contribution in [0.2, 0.25) is 0 Å². The van der Waals surface area contributed by atoms with E-state index in [0.29, 0.717) is 11.5 Å². The molecular weight excluding hydrogens is 266 g/mol. The average molecular weight is 275 g/mol. The van der Waals surface area contributed by atoms with Crippen LogP contribution in [0.3, 0.4) is 0 Å². The van der Waals surface area contributed by atoms with Crippen LogP contribution in [0.5, 0.6) is 0 Å². The van der Waals surface area contributed by atoms with E-state index in [4.69, 9.17) is 15.8 Å². The van der Waals surface area contributed by atoms with Gasteiger partial charge in [0.2, 0.25) is 0 Å². The molecule has 0 unspecified atom stereocenters. The van der Waals surface area contributed by atoms with Gasteiger partial charge in [-0.15, -0.1) is 0 Å². The first kappa shape index (κ1) is 13.8. The second-order valence-corrected chi connectivity index (χ2v) is 3.99. The molecule has 0 saturated heterocycles. The molecule has 7 nitrogen and oxygen atoms in total. The first-order valence-corrected chi connectivity index (χ1v) is 5.88. The van der Waals surface area contributed by atoms with Gasteiger partial charge in [0.05, 0.1) is 5.69 Å². The maximum atomic E-state index is 8.96. The number of benzene rings is 1. The van der Waals surface area contributed by atoms with E-state index in [9.17, 15) is 0 Å². The molecule has 100 valence electrons. The van der Waals surface area contributed by atoms with Crippen molar-refractivity contribution in [2.24, 2.45) is 0 Å². The zero-order valence-electron chi connectivity index (χ0n) is 11.1. The van der Waals surface area contributed by atoms with Crippen LogP contribution in [-0.4, -0.2) is 14.8 Å². The number of nitriles is 3. The predicted molar refractivity (Wildman–Crippen MR) is 73.6 cm³/mol. The Labute approximate surface area is 121 Å². The van der Waals surface area contributed by atoms with Gasteiger partial charge in [-0.2, -0.15) is 20.9 Å². The number of aryl methyl sites for hydroxylation is 1. The van der Waals surface area contributed by atoms with Gasteiger partial charge in [-0.05, 0) is 31.2 Å². The minimum Gasteiger partial charge on any atom is -0.345 e. The van der Waals surface area contributed by atoms with Crippen molar-refractivity contribution < 1.29 is 0 Å². The number of rotatable bonds is 3. The number of hydrogen-bond donors (Lipinski definition) is 1. The van der Waals surface area contributed by atoms with Crippen LogP contribution in [0, 0.1) is 40.9 Å². The van der Waals surface area contributed by atoms with Crippen molar-refractivity contribution >= 4 is 5.69 Å². The lowest BCUT2D eigenvalue weighted by Gasteiger charge is -2.06. The van der Waals surface area contributed by atoms with E-state index in [0.717, 1.165) is 5.69 Å². The minimum atomic E-state index is -0.256. The molecule has 0 radical (unpaired) electrons. The van der Waals surface area contributed by atoms with Gasteiger partial charge in [0, 0.05) is 5.69 Å². The van der Waals surface area contributed by atoms with Crippen molar-refractivity contribution in [1.29, 1.82) is 15.8 Å². The molecule has 0 amide bonds. The van der Waals surface area contributed by atoms with E-state index in [2.05, 4.69) is 15.4 Å². The maximum absolute atomic E-state index is 8.96. The van der Waals surface area contributed by atoms with Crippen molar-refractivity contribution in [2.45, 2.75) is 6.92 Å². The van der Waals surface area contributed by atoms with Gasteiger partial charge < -0.3 is 5.32 Å². The van der Waals surface area contributed by atoms with Crippen molar-refractivity contribution in [3.05, 3.63) is 47.7 Å². The van der Waals surface area contributed by atoms with Crippen molar-refractivity contribution in [3.8, 4) is 23.9 Å². The summed E-state index contributed by atoms with van der Waals surface area (Å²) in [6, 6.07) is 12.1. The Bertz CT molecular complexity index is 791. The molecule has 0 spiro atoms. The van der Waals surface area contributed by atoms with Crippen molar-refractivity contribution in [3.63, 3.8) is 0 Å². The molecule has 0 saturated carbocycles. The monoisotopic (exact) mass is 275 g/mol. The summed E-state index contributed by atoms with van der Waals surface area (Å²) < 4.78 is 1.62. The third-order valence-electron chi connectivity index (χ3n) is 2.59. The Morgan fingerprint density at radius 2 is 1.76 bits per heavy atom. The van der Waals surface area contributed by atoms with Crippen molar-refractivity contribution in [2.75, 3.05) is 5.32 Å². The maximum Gasteiger partial charge on any atom is 0.163 e. The van der Waals surface area contributed by atoms with Gasteiger partial charge in [-0.25, -0.2) is 9.67 Å². The summed E-state index contributed by atoms with van der Waals surface area (Å²) in [7, 11) is 0. The van der Waals surface area contributed by atoms with Crippen LogP contribution in [-0.2, 0) is 0 Å². The van der Waals surface area contributed by atoms with E-state index >= 15 is 0 Å². The Morgan fingerprint density at radius 1 is 1.10 bits per heavy atom. The van der Waals surface area contributed by atoms with E-state index in [1.165, 1.54) is 0 Å². The van der Waals surface area contributed by atoms with E-state index in [1.54, 1.807) is 60.4 Å². The zero-order chi connectivity index (χ0) is 15.2. The van der Waals surface area contributed by atoms with Gasteiger partial charge in [-0.3, -0.25) is 0 Å². The smallest absolute Gasteiger partial charge is 0.163 e. The summed E-state index contributed by atoms with van der Waals surface area (Å²) in [5.41, 5.74) is 1.07. The number of nitrogens with one attached hydrogen (secondary N) is 1. The van der Waals surface area contributed by atoms with Crippen LogP contribution < -0.4 is 5.32 Å². The van der Waals surface area contributed by atoms with Crippen LogP contribution in [0.25, 0.3) is 5.69 Å². The van der Waals surface area contributed by atoms with E-state index < -0.39 is 0 Å². The fourth-order valence-electron chi connectivity index (χ4n) is 1.60. The molecule has 1 heterocycles. The lowest BCUT2D eigenvalue weighted by molar-refractivity contribution is 0.863. The summed E-state index contributed by atoms with van der Waals surface area (Å²) in [5.74, 6) is 0.666. The van der Waals surface area contributed by atoms with Crippen LogP contribution >= 0.6 is 0 Å². The fourth-order valence-corrected chi connectivity index (χ4v) is 1.60. The quantitative estimate of drug-likeness (QED) is 0.854. The summed E-state index contributed by atoms with van der Waals surface area (Å²) in [6.45, 7) is 1.79. The lowest BCUT2D eigenvalue weighted by Crippen LogP contribution is -2.01. The average Bonchev–Trinajstić information content (AvgIpc) is 2.94. The molecule has 2 rings (SSSR count). The number of aromatic nitrogens is 3. The Balaban J connectivity index is 2.25. The fraction of sp³-hybridized carbons (Fsp3) is 0.0714. The highest BCUT2D eigenvalue weighted by Crippen LogP contribution is 2.15. The van der Waals surface area contributed by atoms with Gasteiger partial charge in [0.1, 0.15) is 36.1 Å². The third kappa shape index (κ3) is 3.04. The van der Waals surface area contributed by atoms with Crippen LogP contribution in [0.15, 0.2) is 41.9 Å². The number of anilines is 1. The summed E-state index contributed by atoms with van der Waals surface area (Å²) in [4.78, 5) is 4.04. The van der Waals surface area contributed by atoms with Crippen LogP contribution in [0.1, 0.15) is 5.82 Å². The Morgan fingerprint density at radius 3 is 2.24 bits per heavy atom. The van der Waals surface area contributed by atoms with Gasteiger partial charge in [0.25, 0.3) is 0 Å². The largest absolute Gasteiger partial charge is 0.345 e.